The Hall–Kier alpha value is -1.88. The largest absolute Gasteiger partial charge is 0.385 e. The lowest BCUT2D eigenvalue weighted by Crippen LogP contribution is -2.15. The zero-order chi connectivity index (χ0) is 14.5. The third-order valence-corrected chi connectivity index (χ3v) is 3.22. The molecule has 0 aliphatic carbocycles. The van der Waals surface area contributed by atoms with Crippen molar-refractivity contribution < 1.29 is 4.79 Å². The van der Waals surface area contributed by atoms with Crippen LogP contribution in [0.3, 0.4) is 0 Å². The van der Waals surface area contributed by atoms with E-state index in [1.807, 2.05) is 38.1 Å². The van der Waals surface area contributed by atoms with E-state index in [-0.39, 0.29) is 5.91 Å². The molecule has 0 atom stereocenters. The Morgan fingerprint density at radius 1 is 1.30 bits per heavy atom. The van der Waals surface area contributed by atoms with E-state index in [0.717, 1.165) is 22.3 Å². The maximum absolute atomic E-state index is 12.3. The van der Waals surface area contributed by atoms with E-state index >= 15 is 0 Å². The van der Waals surface area contributed by atoms with Gasteiger partial charge in [0.25, 0.3) is 5.91 Å². The molecule has 0 aliphatic heterocycles. The van der Waals surface area contributed by atoms with Crippen LogP contribution in [0.15, 0.2) is 41.0 Å². The zero-order valence-electron chi connectivity index (χ0n) is 11.4. The summed E-state index contributed by atoms with van der Waals surface area (Å²) >= 11 is 3.31. The molecule has 0 radical (unpaired) electrons. The van der Waals surface area contributed by atoms with Crippen molar-refractivity contribution in [1.82, 2.24) is 4.98 Å². The molecule has 0 saturated heterocycles. The fourth-order valence-corrected chi connectivity index (χ4v) is 2.06. The molecule has 1 aromatic carbocycles. The average molecular weight is 334 g/mol. The second-order valence-corrected chi connectivity index (χ2v) is 5.31. The molecule has 104 valence electrons. The smallest absolute Gasteiger partial charge is 0.258 e. The first kappa shape index (κ1) is 14.5. The highest BCUT2D eigenvalue weighted by atomic mass is 79.9. The number of hydrogen-bond donors (Lipinski definition) is 2. The van der Waals surface area contributed by atoms with Gasteiger partial charge in [0.15, 0.2) is 0 Å². The average Bonchev–Trinajstić information content (AvgIpc) is 2.42. The number of aryl methyl sites for hydroxylation is 1. The summed E-state index contributed by atoms with van der Waals surface area (Å²) in [7, 11) is 0. The molecule has 0 aliphatic rings. The highest BCUT2D eigenvalue weighted by molar-refractivity contribution is 9.10. The van der Waals surface area contributed by atoms with Gasteiger partial charge >= 0.3 is 0 Å². The standard InChI is InChI=1S/C15H16BrN3O/c1-3-17-13-8-10(2)4-6-12(13)15(20)19-14-7-5-11(16)9-18-14/h4-9,17H,3H2,1-2H3,(H,18,19,20). The van der Waals surface area contributed by atoms with Crippen LogP contribution in [0.5, 0.6) is 0 Å². The number of benzene rings is 1. The van der Waals surface area contributed by atoms with Gasteiger partial charge in [-0.05, 0) is 59.6 Å². The van der Waals surface area contributed by atoms with E-state index in [4.69, 9.17) is 0 Å². The van der Waals surface area contributed by atoms with Crippen LogP contribution in [0.2, 0.25) is 0 Å². The number of amides is 1. The highest BCUT2D eigenvalue weighted by Gasteiger charge is 2.11. The summed E-state index contributed by atoms with van der Waals surface area (Å²) < 4.78 is 0.874. The van der Waals surface area contributed by atoms with Gasteiger partial charge in [-0.1, -0.05) is 6.07 Å². The third kappa shape index (κ3) is 3.57. The van der Waals surface area contributed by atoms with Crippen LogP contribution in [0.1, 0.15) is 22.8 Å². The van der Waals surface area contributed by atoms with Crippen molar-refractivity contribution in [3.8, 4) is 0 Å². The number of carbonyl (C=O) groups excluding carboxylic acids is 1. The molecular weight excluding hydrogens is 318 g/mol. The Morgan fingerprint density at radius 2 is 2.10 bits per heavy atom. The maximum Gasteiger partial charge on any atom is 0.258 e. The van der Waals surface area contributed by atoms with Crippen molar-refractivity contribution >= 4 is 33.3 Å². The van der Waals surface area contributed by atoms with E-state index in [1.54, 1.807) is 12.3 Å². The number of hydrogen-bond acceptors (Lipinski definition) is 3. The summed E-state index contributed by atoms with van der Waals surface area (Å²) in [6.07, 6.45) is 1.65. The molecule has 0 saturated carbocycles. The first-order valence-electron chi connectivity index (χ1n) is 6.37. The Morgan fingerprint density at radius 3 is 2.75 bits per heavy atom. The Kier molecular flexibility index (Phi) is 4.74. The van der Waals surface area contributed by atoms with Crippen LogP contribution in [0, 0.1) is 6.92 Å². The molecule has 5 heteroatoms. The minimum absolute atomic E-state index is 0.171. The molecule has 2 rings (SSSR count). The second-order valence-electron chi connectivity index (χ2n) is 4.40. The molecular formula is C15H16BrN3O. The normalized spacial score (nSPS) is 10.2. The van der Waals surface area contributed by atoms with E-state index in [2.05, 4.69) is 31.5 Å². The molecule has 1 heterocycles. The molecule has 0 unspecified atom stereocenters. The van der Waals surface area contributed by atoms with Gasteiger partial charge in [-0.2, -0.15) is 0 Å². The van der Waals surface area contributed by atoms with E-state index in [0.29, 0.717) is 11.4 Å². The van der Waals surface area contributed by atoms with Gasteiger partial charge in [-0.25, -0.2) is 4.98 Å². The summed E-state index contributed by atoms with van der Waals surface area (Å²) in [4.78, 5) is 16.4. The SMILES string of the molecule is CCNc1cc(C)ccc1C(=O)Nc1ccc(Br)cn1. The molecule has 20 heavy (non-hydrogen) atoms. The quantitative estimate of drug-likeness (QED) is 0.893. The summed E-state index contributed by atoms with van der Waals surface area (Å²) in [5.41, 5.74) is 2.56. The predicted octanol–water partition coefficient (Wildman–Crippen LogP) is 3.84. The first-order valence-corrected chi connectivity index (χ1v) is 7.17. The van der Waals surface area contributed by atoms with Crippen LogP contribution < -0.4 is 10.6 Å². The Balaban J connectivity index is 2.22. The van der Waals surface area contributed by atoms with Crippen molar-refractivity contribution in [2.24, 2.45) is 0 Å². The predicted molar refractivity (Wildman–Crippen MR) is 85.2 cm³/mol. The lowest BCUT2D eigenvalue weighted by Gasteiger charge is -2.11. The monoisotopic (exact) mass is 333 g/mol. The van der Waals surface area contributed by atoms with Crippen molar-refractivity contribution in [2.75, 3.05) is 17.2 Å². The molecule has 1 aromatic heterocycles. The summed E-state index contributed by atoms with van der Waals surface area (Å²) in [5.74, 6) is 0.358. The molecule has 0 bridgehead atoms. The number of nitrogens with zero attached hydrogens (tertiary/aromatic N) is 1. The van der Waals surface area contributed by atoms with Gasteiger partial charge in [0.1, 0.15) is 5.82 Å². The fraction of sp³-hybridized carbons (Fsp3) is 0.200. The highest BCUT2D eigenvalue weighted by Crippen LogP contribution is 2.19. The lowest BCUT2D eigenvalue weighted by molar-refractivity contribution is 0.102. The van der Waals surface area contributed by atoms with E-state index in [9.17, 15) is 4.79 Å². The van der Waals surface area contributed by atoms with Crippen LogP contribution in [0.25, 0.3) is 0 Å². The molecule has 4 nitrogen and oxygen atoms in total. The van der Waals surface area contributed by atoms with Gasteiger partial charge in [-0.3, -0.25) is 4.79 Å². The van der Waals surface area contributed by atoms with Gasteiger partial charge in [0, 0.05) is 22.9 Å². The van der Waals surface area contributed by atoms with E-state index in [1.165, 1.54) is 0 Å². The number of anilines is 2. The Labute approximate surface area is 126 Å². The number of pyridine rings is 1. The van der Waals surface area contributed by atoms with Gasteiger partial charge in [0.2, 0.25) is 0 Å². The number of rotatable bonds is 4. The minimum atomic E-state index is -0.171. The van der Waals surface area contributed by atoms with Gasteiger partial charge < -0.3 is 10.6 Å². The summed E-state index contributed by atoms with van der Waals surface area (Å²) in [6.45, 7) is 4.76. The molecule has 0 spiro atoms. The zero-order valence-corrected chi connectivity index (χ0v) is 13.0. The summed E-state index contributed by atoms with van der Waals surface area (Å²) in [5, 5.41) is 6.00. The van der Waals surface area contributed by atoms with Crippen LogP contribution in [0.4, 0.5) is 11.5 Å². The first-order chi connectivity index (χ1) is 9.60. The van der Waals surface area contributed by atoms with Crippen molar-refractivity contribution in [1.29, 1.82) is 0 Å². The second kappa shape index (κ2) is 6.52. The van der Waals surface area contributed by atoms with Crippen molar-refractivity contribution in [2.45, 2.75) is 13.8 Å². The maximum atomic E-state index is 12.3. The van der Waals surface area contributed by atoms with Gasteiger partial charge in [-0.15, -0.1) is 0 Å². The number of aromatic nitrogens is 1. The number of halogens is 1. The van der Waals surface area contributed by atoms with Gasteiger partial charge in [0.05, 0.1) is 5.56 Å². The van der Waals surface area contributed by atoms with Crippen LogP contribution >= 0.6 is 15.9 Å². The topological polar surface area (TPSA) is 54.0 Å². The number of nitrogens with one attached hydrogen (secondary N) is 2. The third-order valence-electron chi connectivity index (χ3n) is 2.76. The molecule has 0 fully saturated rings. The van der Waals surface area contributed by atoms with Crippen LogP contribution in [-0.2, 0) is 0 Å². The van der Waals surface area contributed by atoms with Crippen molar-refractivity contribution in [3.05, 3.63) is 52.1 Å². The fourth-order valence-electron chi connectivity index (χ4n) is 1.83. The molecule has 1 amide bonds. The van der Waals surface area contributed by atoms with Crippen LogP contribution in [-0.4, -0.2) is 17.4 Å². The van der Waals surface area contributed by atoms with E-state index < -0.39 is 0 Å². The Bertz CT molecular complexity index is 611. The van der Waals surface area contributed by atoms with Crippen molar-refractivity contribution in [3.63, 3.8) is 0 Å². The number of carbonyl (C=O) groups is 1. The summed E-state index contributed by atoms with van der Waals surface area (Å²) in [6, 6.07) is 9.30. The molecule has 2 N–H and O–H groups in total. The lowest BCUT2D eigenvalue weighted by atomic mass is 10.1. The minimum Gasteiger partial charge on any atom is -0.385 e. The molecule has 2 aromatic rings.